The summed E-state index contributed by atoms with van der Waals surface area (Å²) in [6, 6.07) is 16.0. The summed E-state index contributed by atoms with van der Waals surface area (Å²) in [7, 11) is 0. The molecule has 0 aliphatic carbocycles. The van der Waals surface area contributed by atoms with Gasteiger partial charge in [0.2, 0.25) is 0 Å². The number of carbonyl (C=O) groups is 1. The molecule has 29 heavy (non-hydrogen) atoms. The number of hydrogen-bond donors (Lipinski definition) is 0. The van der Waals surface area contributed by atoms with Crippen LogP contribution in [0.5, 0.6) is 5.75 Å². The normalized spacial score (nSPS) is 18.6. The molecule has 4 heterocycles. The number of anilines is 1. The molecule has 1 fully saturated rings. The van der Waals surface area contributed by atoms with Crippen molar-refractivity contribution < 1.29 is 9.53 Å². The van der Waals surface area contributed by atoms with E-state index in [1.165, 1.54) is 5.69 Å². The van der Waals surface area contributed by atoms with Crippen molar-refractivity contribution in [2.45, 2.75) is 19.1 Å². The molecule has 2 aliphatic heterocycles. The lowest BCUT2D eigenvalue weighted by atomic mass is 10.2. The summed E-state index contributed by atoms with van der Waals surface area (Å²) < 4.78 is 7.89. The number of amides is 1. The van der Waals surface area contributed by atoms with E-state index in [1.807, 2.05) is 46.0 Å². The highest BCUT2D eigenvalue weighted by atomic mass is 16.5. The molecule has 0 N–H and O–H groups in total. The second-order valence-corrected chi connectivity index (χ2v) is 7.44. The molecule has 1 aromatic carbocycles. The van der Waals surface area contributed by atoms with Crippen molar-refractivity contribution in [1.82, 2.24) is 19.7 Å². The van der Waals surface area contributed by atoms with Gasteiger partial charge in [0, 0.05) is 56.4 Å². The zero-order valence-electron chi connectivity index (χ0n) is 16.1. The van der Waals surface area contributed by atoms with E-state index >= 15 is 0 Å². The third kappa shape index (κ3) is 3.68. The van der Waals surface area contributed by atoms with Gasteiger partial charge in [-0.15, -0.1) is 0 Å². The second-order valence-electron chi connectivity index (χ2n) is 7.44. The lowest BCUT2D eigenvalue weighted by Crippen LogP contribution is -2.48. The average molecular weight is 389 g/mol. The molecule has 0 bridgehead atoms. The summed E-state index contributed by atoms with van der Waals surface area (Å²) in [4.78, 5) is 21.1. The van der Waals surface area contributed by atoms with Gasteiger partial charge in [0.1, 0.15) is 11.9 Å². The summed E-state index contributed by atoms with van der Waals surface area (Å²) in [5.41, 5.74) is 2.80. The first kappa shape index (κ1) is 17.7. The van der Waals surface area contributed by atoms with Crippen molar-refractivity contribution in [3.63, 3.8) is 0 Å². The van der Waals surface area contributed by atoms with Gasteiger partial charge in [0.15, 0.2) is 5.69 Å². The van der Waals surface area contributed by atoms with Gasteiger partial charge in [-0.3, -0.25) is 14.5 Å². The molecule has 1 amide bonds. The SMILES string of the molecule is O=C(c1cc2n(n1)C[C@@H](Oc1ccncc1)C2)N1CCN(c2ccccc2)CC1. The third-order valence-corrected chi connectivity index (χ3v) is 5.54. The highest BCUT2D eigenvalue weighted by molar-refractivity contribution is 5.92. The molecule has 0 saturated carbocycles. The zero-order valence-corrected chi connectivity index (χ0v) is 16.1. The van der Waals surface area contributed by atoms with E-state index in [-0.39, 0.29) is 12.0 Å². The number of rotatable bonds is 4. The minimum absolute atomic E-state index is 0.0196. The van der Waals surface area contributed by atoms with Gasteiger partial charge in [-0.2, -0.15) is 5.10 Å². The summed E-state index contributed by atoms with van der Waals surface area (Å²) in [6.07, 6.45) is 4.23. The van der Waals surface area contributed by atoms with Gasteiger partial charge in [0.05, 0.1) is 6.54 Å². The fraction of sp³-hybridized carbons (Fsp3) is 0.318. The van der Waals surface area contributed by atoms with Gasteiger partial charge in [-0.25, -0.2) is 0 Å². The summed E-state index contributed by atoms with van der Waals surface area (Å²) in [5.74, 6) is 0.828. The predicted octanol–water partition coefficient (Wildman–Crippen LogP) is 2.24. The first-order chi connectivity index (χ1) is 14.3. The Morgan fingerprint density at radius 1 is 1.00 bits per heavy atom. The number of pyridine rings is 1. The second kappa shape index (κ2) is 7.58. The topological polar surface area (TPSA) is 63.5 Å². The molecule has 2 aliphatic rings. The molecular formula is C22H23N5O2. The van der Waals surface area contributed by atoms with E-state index in [4.69, 9.17) is 4.74 Å². The van der Waals surface area contributed by atoms with E-state index in [2.05, 4.69) is 27.1 Å². The van der Waals surface area contributed by atoms with E-state index in [0.29, 0.717) is 25.3 Å². The van der Waals surface area contributed by atoms with Gasteiger partial charge in [-0.1, -0.05) is 18.2 Å². The van der Waals surface area contributed by atoms with Crippen molar-refractivity contribution in [3.8, 4) is 5.75 Å². The molecule has 7 nitrogen and oxygen atoms in total. The summed E-state index contributed by atoms with van der Waals surface area (Å²) >= 11 is 0. The fourth-order valence-electron chi connectivity index (χ4n) is 4.03. The van der Waals surface area contributed by atoms with Crippen LogP contribution in [0.2, 0.25) is 0 Å². The smallest absolute Gasteiger partial charge is 0.274 e. The first-order valence-corrected chi connectivity index (χ1v) is 9.99. The standard InChI is InChI=1S/C22H23N5O2/c28-22(26-12-10-25(11-13-26)17-4-2-1-3-5-17)21-15-18-14-20(16-27(18)24-21)29-19-6-8-23-9-7-19/h1-9,15,20H,10-14,16H2/t20-/m0/s1. The molecule has 3 aromatic rings. The number of hydrogen-bond acceptors (Lipinski definition) is 5. The predicted molar refractivity (Wildman–Crippen MR) is 109 cm³/mol. The number of benzene rings is 1. The highest BCUT2D eigenvalue weighted by Gasteiger charge is 2.29. The van der Waals surface area contributed by atoms with Crippen molar-refractivity contribution >= 4 is 11.6 Å². The Bertz CT molecular complexity index is 957. The van der Waals surface area contributed by atoms with E-state index in [0.717, 1.165) is 31.0 Å². The number of carbonyl (C=O) groups excluding carboxylic acids is 1. The molecule has 148 valence electrons. The van der Waals surface area contributed by atoms with Crippen LogP contribution in [0.25, 0.3) is 0 Å². The number of fused-ring (bicyclic) bond motifs is 1. The van der Waals surface area contributed by atoms with Crippen LogP contribution in [-0.2, 0) is 13.0 Å². The van der Waals surface area contributed by atoms with Crippen LogP contribution in [0.4, 0.5) is 5.69 Å². The minimum atomic E-state index is 0.0196. The molecule has 0 unspecified atom stereocenters. The van der Waals surface area contributed by atoms with Gasteiger partial charge in [0.25, 0.3) is 5.91 Å². The summed E-state index contributed by atoms with van der Waals surface area (Å²) in [5, 5.41) is 4.55. The molecule has 1 atom stereocenters. The van der Waals surface area contributed by atoms with Gasteiger partial charge >= 0.3 is 0 Å². The Hall–Kier alpha value is -3.35. The van der Waals surface area contributed by atoms with Crippen LogP contribution in [0.15, 0.2) is 60.9 Å². The molecule has 0 spiro atoms. The number of para-hydroxylation sites is 1. The van der Waals surface area contributed by atoms with Crippen molar-refractivity contribution in [3.05, 3.63) is 72.3 Å². The van der Waals surface area contributed by atoms with E-state index in [1.54, 1.807) is 12.4 Å². The Kier molecular flexibility index (Phi) is 4.63. The Labute approximate surface area is 169 Å². The molecule has 7 heteroatoms. The fourth-order valence-corrected chi connectivity index (χ4v) is 4.03. The number of aromatic nitrogens is 3. The van der Waals surface area contributed by atoms with Crippen molar-refractivity contribution in [2.24, 2.45) is 0 Å². The van der Waals surface area contributed by atoms with Crippen LogP contribution in [-0.4, -0.2) is 57.9 Å². The molecule has 1 saturated heterocycles. The van der Waals surface area contributed by atoms with Crippen LogP contribution < -0.4 is 9.64 Å². The monoisotopic (exact) mass is 389 g/mol. The summed E-state index contributed by atoms with van der Waals surface area (Å²) in [6.45, 7) is 3.76. The molecular weight excluding hydrogens is 366 g/mol. The number of piperazine rings is 1. The van der Waals surface area contributed by atoms with Crippen LogP contribution in [0.1, 0.15) is 16.2 Å². The van der Waals surface area contributed by atoms with Crippen LogP contribution >= 0.6 is 0 Å². The van der Waals surface area contributed by atoms with Crippen molar-refractivity contribution in [2.75, 3.05) is 31.1 Å². The zero-order chi connectivity index (χ0) is 19.6. The third-order valence-electron chi connectivity index (χ3n) is 5.54. The number of nitrogens with zero attached hydrogens (tertiary/aromatic N) is 5. The Morgan fingerprint density at radius 2 is 1.76 bits per heavy atom. The quantitative estimate of drug-likeness (QED) is 0.685. The highest BCUT2D eigenvalue weighted by Crippen LogP contribution is 2.22. The maximum atomic E-state index is 12.9. The minimum Gasteiger partial charge on any atom is -0.488 e. The van der Waals surface area contributed by atoms with Crippen LogP contribution in [0, 0.1) is 0 Å². The van der Waals surface area contributed by atoms with E-state index < -0.39 is 0 Å². The largest absolute Gasteiger partial charge is 0.488 e. The maximum absolute atomic E-state index is 12.9. The first-order valence-electron chi connectivity index (χ1n) is 9.99. The Balaban J connectivity index is 1.18. The lowest BCUT2D eigenvalue weighted by Gasteiger charge is -2.35. The lowest BCUT2D eigenvalue weighted by molar-refractivity contribution is 0.0739. The van der Waals surface area contributed by atoms with E-state index in [9.17, 15) is 4.79 Å². The molecule has 5 rings (SSSR count). The average Bonchev–Trinajstić information content (AvgIpc) is 3.33. The Morgan fingerprint density at radius 3 is 2.48 bits per heavy atom. The maximum Gasteiger partial charge on any atom is 0.274 e. The van der Waals surface area contributed by atoms with Crippen molar-refractivity contribution in [1.29, 1.82) is 0 Å². The number of ether oxygens (including phenoxy) is 1. The molecule has 0 radical (unpaired) electrons. The van der Waals surface area contributed by atoms with Crippen LogP contribution in [0.3, 0.4) is 0 Å². The molecule has 2 aromatic heterocycles. The van der Waals surface area contributed by atoms with Gasteiger partial charge < -0.3 is 14.5 Å². The van der Waals surface area contributed by atoms with Gasteiger partial charge in [-0.05, 0) is 30.3 Å².